The Morgan fingerprint density at radius 3 is 2.56 bits per heavy atom. The summed E-state index contributed by atoms with van der Waals surface area (Å²) < 4.78 is 5.23. The Balaban J connectivity index is 1.47. The first-order valence-corrected chi connectivity index (χ1v) is 9.29. The highest BCUT2D eigenvalue weighted by molar-refractivity contribution is 5.95. The largest absolute Gasteiger partial charge is 0.497 e. The molecule has 1 aliphatic heterocycles. The van der Waals surface area contributed by atoms with Crippen LogP contribution in [0.1, 0.15) is 16.9 Å². The van der Waals surface area contributed by atoms with Crippen LogP contribution in [0.15, 0.2) is 60.7 Å². The number of benzene rings is 2. The Kier molecular flexibility index (Phi) is 4.92. The molecule has 4 rings (SSSR count). The normalized spacial score (nSPS) is 14.9. The van der Waals surface area contributed by atoms with Crippen molar-refractivity contribution in [2.75, 3.05) is 38.2 Å². The van der Waals surface area contributed by atoms with Gasteiger partial charge in [-0.15, -0.1) is 0 Å². The van der Waals surface area contributed by atoms with E-state index in [1.54, 1.807) is 7.11 Å². The quantitative estimate of drug-likeness (QED) is 0.715. The number of carbonyl (C=O) groups excluding carboxylic acids is 1. The standard InChI is InChI=1S/C22H23N3O2/c1-27-19-10-8-18(9-11-19)24-13-4-14-25(16-15-24)22(26)21-12-7-17-5-2-3-6-20(17)23-21/h2-3,5-12H,4,13-16H2,1H3. The number of aromatic nitrogens is 1. The van der Waals surface area contributed by atoms with Crippen molar-refractivity contribution in [3.8, 4) is 5.75 Å². The lowest BCUT2D eigenvalue weighted by molar-refractivity contribution is 0.0761. The average molecular weight is 361 g/mol. The molecular formula is C22H23N3O2. The second-order valence-corrected chi connectivity index (χ2v) is 6.72. The van der Waals surface area contributed by atoms with Crippen LogP contribution in [-0.4, -0.2) is 49.1 Å². The molecule has 0 bridgehead atoms. The number of hydrogen-bond donors (Lipinski definition) is 0. The molecule has 0 radical (unpaired) electrons. The number of hydrogen-bond acceptors (Lipinski definition) is 4. The Bertz CT molecular complexity index is 940. The zero-order valence-corrected chi connectivity index (χ0v) is 15.5. The molecule has 1 saturated heterocycles. The SMILES string of the molecule is COc1ccc(N2CCCN(C(=O)c3ccc4ccccc4n3)CC2)cc1. The number of pyridine rings is 1. The highest BCUT2D eigenvalue weighted by Crippen LogP contribution is 2.21. The van der Waals surface area contributed by atoms with E-state index < -0.39 is 0 Å². The summed E-state index contributed by atoms with van der Waals surface area (Å²) in [4.78, 5) is 21.7. The minimum Gasteiger partial charge on any atom is -0.497 e. The first-order chi connectivity index (χ1) is 13.2. The topological polar surface area (TPSA) is 45.7 Å². The molecule has 0 saturated carbocycles. The van der Waals surface area contributed by atoms with Crippen molar-refractivity contribution in [1.29, 1.82) is 0 Å². The summed E-state index contributed by atoms with van der Waals surface area (Å²) in [7, 11) is 1.67. The van der Waals surface area contributed by atoms with E-state index in [9.17, 15) is 4.79 Å². The number of fused-ring (bicyclic) bond motifs is 1. The van der Waals surface area contributed by atoms with E-state index in [-0.39, 0.29) is 5.91 Å². The average Bonchev–Trinajstić information content (AvgIpc) is 2.99. The fourth-order valence-electron chi connectivity index (χ4n) is 3.52. The van der Waals surface area contributed by atoms with E-state index in [2.05, 4.69) is 22.0 Å². The molecule has 27 heavy (non-hydrogen) atoms. The minimum atomic E-state index is 0.0114. The van der Waals surface area contributed by atoms with Gasteiger partial charge in [-0.25, -0.2) is 4.98 Å². The van der Waals surface area contributed by atoms with Gasteiger partial charge in [0.15, 0.2) is 0 Å². The Morgan fingerprint density at radius 2 is 1.74 bits per heavy atom. The molecule has 0 aliphatic carbocycles. The van der Waals surface area contributed by atoms with Crippen LogP contribution >= 0.6 is 0 Å². The first-order valence-electron chi connectivity index (χ1n) is 9.29. The maximum atomic E-state index is 13.0. The maximum Gasteiger partial charge on any atom is 0.272 e. The summed E-state index contributed by atoms with van der Waals surface area (Å²) >= 11 is 0. The van der Waals surface area contributed by atoms with E-state index in [0.717, 1.165) is 48.4 Å². The van der Waals surface area contributed by atoms with Gasteiger partial charge in [-0.1, -0.05) is 24.3 Å². The van der Waals surface area contributed by atoms with E-state index >= 15 is 0 Å². The third-order valence-corrected chi connectivity index (χ3v) is 5.04. The molecule has 0 spiro atoms. The smallest absolute Gasteiger partial charge is 0.272 e. The van der Waals surface area contributed by atoms with Gasteiger partial charge in [-0.3, -0.25) is 4.79 Å². The first kappa shape index (κ1) is 17.3. The van der Waals surface area contributed by atoms with Gasteiger partial charge in [0.1, 0.15) is 11.4 Å². The lowest BCUT2D eigenvalue weighted by Crippen LogP contribution is -2.35. The second-order valence-electron chi connectivity index (χ2n) is 6.72. The summed E-state index contributed by atoms with van der Waals surface area (Å²) in [6.45, 7) is 3.19. The molecule has 138 valence electrons. The number of ether oxygens (including phenoxy) is 1. The molecule has 1 aromatic heterocycles. The molecule has 3 aromatic rings. The van der Waals surface area contributed by atoms with Crippen LogP contribution < -0.4 is 9.64 Å². The third kappa shape index (κ3) is 3.72. The zero-order chi connectivity index (χ0) is 18.6. The van der Waals surface area contributed by atoms with E-state index in [4.69, 9.17) is 4.74 Å². The fraction of sp³-hybridized carbons (Fsp3) is 0.273. The van der Waals surface area contributed by atoms with Gasteiger partial charge < -0.3 is 14.5 Å². The predicted molar refractivity (Wildman–Crippen MR) is 107 cm³/mol. The summed E-state index contributed by atoms with van der Waals surface area (Å²) in [6, 6.07) is 19.8. The minimum absolute atomic E-state index is 0.0114. The predicted octanol–water partition coefficient (Wildman–Crippen LogP) is 3.60. The molecule has 5 heteroatoms. The van der Waals surface area contributed by atoms with E-state index in [1.165, 1.54) is 0 Å². The zero-order valence-electron chi connectivity index (χ0n) is 15.5. The van der Waals surface area contributed by atoms with Gasteiger partial charge in [-0.05, 0) is 42.8 Å². The van der Waals surface area contributed by atoms with Gasteiger partial charge in [-0.2, -0.15) is 0 Å². The summed E-state index contributed by atoms with van der Waals surface area (Å²) in [5, 5.41) is 1.05. The Hall–Kier alpha value is -3.08. The van der Waals surface area contributed by atoms with Gasteiger partial charge in [0.25, 0.3) is 5.91 Å². The number of methoxy groups -OCH3 is 1. The Labute approximate surface area is 159 Å². The van der Waals surface area contributed by atoms with Crippen LogP contribution in [0, 0.1) is 0 Å². The number of rotatable bonds is 3. The number of para-hydroxylation sites is 1. The van der Waals surface area contributed by atoms with Crippen molar-refractivity contribution < 1.29 is 9.53 Å². The maximum absolute atomic E-state index is 13.0. The molecule has 5 nitrogen and oxygen atoms in total. The van der Waals surface area contributed by atoms with Crippen molar-refractivity contribution in [2.24, 2.45) is 0 Å². The lowest BCUT2D eigenvalue weighted by atomic mass is 10.2. The van der Waals surface area contributed by atoms with Crippen LogP contribution in [-0.2, 0) is 0 Å². The van der Waals surface area contributed by atoms with E-state index in [0.29, 0.717) is 12.2 Å². The molecule has 1 fully saturated rings. The van der Waals surface area contributed by atoms with Gasteiger partial charge >= 0.3 is 0 Å². The molecule has 0 N–H and O–H groups in total. The molecule has 1 amide bonds. The molecule has 1 aliphatic rings. The number of anilines is 1. The molecule has 2 aromatic carbocycles. The highest BCUT2D eigenvalue weighted by atomic mass is 16.5. The molecule has 2 heterocycles. The second kappa shape index (κ2) is 7.66. The molecule has 0 atom stereocenters. The fourth-order valence-corrected chi connectivity index (χ4v) is 3.52. The van der Waals surface area contributed by atoms with Crippen LogP contribution in [0.5, 0.6) is 5.75 Å². The number of amides is 1. The monoisotopic (exact) mass is 361 g/mol. The van der Waals surface area contributed by atoms with Crippen molar-refractivity contribution in [1.82, 2.24) is 9.88 Å². The lowest BCUT2D eigenvalue weighted by Gasteiger charge is -2.23. The highest BCUT2D eigenvalue weighted by Gasteiger charge is 2.21. The van der Waals surface area contributed by atoms with Crippen LogP contribution in [0.4, 0.5) is 5.69 Å². The van der Waals surface area contributed by atoms with Crippen molar-refractivity contribution in [3.63, 3.8) is 0 Å². The van der Waals surface area contributed by atoms with Crippen molar-refractivity contribution in [2.45, 2.75) is 6.42 Å². The van der Waals surface area contributed by atoms with Gasteiger partial charge in [0.2, 0.25) is 0 Å². The van der Waals surface area contributed by atoms with Gasteiger partial charge in [0, 0.05) is 37.3 Å². The third-order valence-electron chi connectivity index (χ3n) is 5.04. The van der Waals surface area contributed by atoms with Crippen LogP contribution in [0.2, 0.25) is 0 Å². The number of carbonyl (C=O) groups is 1. The van der Waals surface area contributed by atoms with Crippen molar-refractivity contribution in [3.05, 3.63) is 66.4 Å². The summed E-state index contributed by atoms with van der Waals surface area (Å²) in [5.41, 5.74) is 2.54. The Morgan fingerprint density at radius 1 is 0.926 bits per heavy atom. The summed E-state index contributed by atoms with van der Waals surface area (Å²) in [6.07, 6.45) is 0.936. The molecule has 0 unspecified atom stereocenters. The van der Waals surface area contributed by atoms with Crippen LogP contribution in [0.25, 0.3) is 10.9 Å². The molecular weight excluding hydrogens is 338 g/mol. The summed E-state index contributed by atoms with van der Waals surface area (Å²) in [5.74, 6) is 0.866. The van der Waals surface area contributed by atoms with Crippen LogP contribution in [0.3, 0.4) is 0 Å². The number of nitrogens with zero attached hydrogens (tertiary/aromatic N) is 3. The van der Waals surface area contributed by atoms with Crippen molar-refractivity contribution >= 4 is 22.5 Å². The van der Waals surface area contributed by atoms with Gasteiger partial charge in [0.05, 0.1) is 12.6 Å². The van der Waals surface area contributed by atoms with E-state index in [1.807, 2.05) is 53.4 Å².